The third kappa shape index (κ3) is 4.27. The summed E-state index contributed by atoms with van der Waals surface area (Å²) < 4.78 is 39.9. The third-order valence-electron chi connectivity index (χ3n) is 8.30. The first kappa shape index (κ1) is 23.8. The van der Waals surface area contributed by atoms with Crippen molar-refractivity contribution in [3.8, 4) is 0 Å². The molecule has 2 aliphatic carbocycles. The Morgan fingerprint density at radius 1 is 1.21 bits per heavy atom. The van der Waals surface area contributed by atoms with Gasteiger partial charge >= 0.3 is 0 Å². The van der Waals surface area contributed by atoms with Gasteiger partial charge in [-0.1, -0.05) is 18.2 Å². The second-order valence-electron chi connectivity index (χ2n) is 10.5. The molecule has 7 nitrogen and oxygen atoms in total. The molecule has 2 N–H and O–H groups in total. The summed E-state index contributed by atoms with van der Waals surface area (Å²) in [6.45, 7) is 4.45. The van der Waals surface area contributed by atoms with Crippen molar-refractivity contribution < 1.29 is 17.6 Å². The lowest BCUT2D eigenvalue weighted by Crippen LogP contribution is -2.60. The summed E-state index contributed by atoms with van der Waals surface area (Å²) in [6.07, 6.45) is 10.5. The van der Waals surface area contributed by atoms with Crippen molar-refractivity contribution in [2.45, 2.75) is 63.1 Å². The maximum atomic E-state index is 14.6. The molecular formula is C25H35FN4O3S. The molecule has 0 spiro atoms. The van der Waals surface area contributed by atoms with Crippen molar-refractivity contribution in [1.82, 2.24) is 14.5 Å². The normalized spacial score (nSPS) is 32.0. The Balaban J connectivity index is 1.26. The van der Waals surface area contributed by atoms with Crippen LogP contribution in [-0.4, -0.2) is 73.6 Å². The van der Waals surface area contributed by atoms with Gasteiger partial charge in [-0.15, -0.1) is 0 Å². The third-order valence-corrected chi connectivity index (χ3v) is 9.61. The van der Waals surface area contributed by atoms with Gasteiger partial charge in [0.25, 0.3) is 0 Å². The number of hydrogen-bond acceptors (Lipinski definition) is 5. The topological polar surface area (TPSA) is 81.8 Å². The number of sulfonamides is 1. The Kier molecular flexibility index (Phi) is 6.23. The fraction of sp³-hybridized carbons (Fsp3) is 0.640. The van der Waals surface area contributed by atoms with Crippen LogP contribution in [0.4, 0.5) is 10.1 Å². The number of hydrogen-bond donors (Lipinski definition) is 2. The Bertz CT molecular complexity index is 1070. The van der Waals surface area contributed by atoms with E-state index in [0.717, 1.165) is 56.4 Å². The van der Waals surface area contributed by atoms with Crippen LogP contribution in [0.1, 0.15) is 43.2 Å². The lowest BCUT2D eigenvalue weighted by Gasteiger charge is -2.43. The lowest BCUT2D eigenvalue weighted by molar-refractivity contribution is -0.127. The Labute approximate surface area is 201 Å². The van der Waals surface area contributed by atoms with E-state index < -0.39 is 15.6 Å². The van der Waals surface area contributed by atoms with E-state index in [-0.39, 0.29) is 23.7 Å². The van der Waals surface area contributed by atoms with Crippen LogP contribution in [0.15, 0.2) is 24.3 Å². The van der Waals surface area contributed by atoms with Crippen LogP contribution in [0.2, 0.25) is 0 Å². The van der Waals surface area contributed by atoms with Crippen molar-refractivity contribution >= 4 is 21.6 Å². The molecule has 0 aromatic heterocycles. The fourth-order valence-electron chi connectivity index (χ4n) is 6.14. The minimum atomic E-state index is -3.15. The highest BCUT2D eigenvalue weighted by Crippen LogP contribution is 2.44. The number of benzene rings is 1. The second kappa shape index (κ2) is 8.91. The maximum absolute atomic E-state index is 14.6. The maximum Gasteiger partial charge on any atom is 0.246 e. The number of halogens is 1. The fourth-order valence-corrected chi connectivity index (χ4v) is 6.97. The largest absolute Gasteiger partial charge is 0.370 e. The quantitative estimate of drug-likeness (QED) is 0.620. The number of piperazine rings is 1. The Morgan fingerprint density at radius 2 is 1.94 bits per heavy atom. The first-order chi connectivity index (χ1) is 16.2. The van der Waals surface area contributed by atoms with Crippen molar-refractivity contribution in [2.75, 3.05) is 37.8 Å². The molecule has 1 aromatic carbocycles. The molecule has 5 rings (SSSR count). The zero-order valence-electron chi connectivity index (χ0n) is 20.0. The van der Waals surface area contributed by atoms with Gasteiger partial charge in [0.05, 0.1) is 6.26 Å². The van der Waals surface area contributed by atoms with E-state index in [9.17, 15) is 17.6 Å². The number of carbonyl (C=O) groups is 1. The van der Waals surface area contributed by atoms with Crippen LogP contribution in [0, 0.1) is 18.7 Å². The van der Waals surface area contributed by atoms with Crippen LogP contribution >= 0.6 is 0 Å². The monoisotopic (exact) mass is 490 g/mol. The first-order valence-electron chi connectivity index (χ1n) is 12.4. The molecule has 34 heavy (non-hydrogen) atoms. The number of aryl methyl sites for hydroxylation is 1. The molecule has 1 saturated carbocycles. The highest BCUT2D eigenvalue weighted by Gasteiger charge is 2.51. The summed E-state index contributed by atoms with van der Waals surface area (Å²) in [5, 5.41) is 6.80. The molecule has 0 bridgehead atoms. The van der Waals surface area contributed by atoms with E-state index in [2.05, 4.69) is 27.7 Å². The second-order valence-corrected chi connectivity index (χ2v) is 12.4. The van der Waals surface area contributed by atoms with E-state index in [4.69, 9.17) is 0 Å². The van der Waals surface area contributed by atoms with Crippen molar-refractivity contribution in [1.29, 1.82) is 0 Å². The minimum Gasteiger partial charge on any atom is -0.370 e. The Morgan fingerprint density at radius 3 is 2.56 bits per heavy atom. The summed E-state index contributed by atoms with van der Waals surface area (Å²) in [5.74, 6) is -0.247. The number of nitrogens with one attached hydrogen (secondary N) is 2. The van der Waals surface area contributed by atoms with Gasteiger partial charge in [-0.3, -0.25) is 9.69 Å². The number of carbonyl (C=O) groups excluding carboxylic acids is 1. The molecular weight excluding hydrogens is 455 g/mol. The summed E-state index contributed by atoms with van der Waals surface area (Å²) in [4.78, 5) is 16.2. The smallest absolute Gasteiger partial charge is 0.246 e. The van der Waals surface area contributed by atoms with E-state index >= 15 is 0 Å². The molecule has 1 aromatic rings. The number of nitrogens with zero attached hydrogens (tertiary/aromatic N) is 2. The van der Waals surface area contributed by atoms with E-state index in [0.29, 0.717) is 31.1 Å². The van der Waals surface area contributed by atoms with Gasteiger partial charge in [-0.05, 0) is 50.7 Å². The van der Waals surface area contributed by atoms with Crippen molar-refractivity contribution in [2.24, 2.45) is 5.92 Å². The standard InChI is InChI=1S/C25H35FN4O3S/c1-17-9-10-22(26)21-16-25(28-23(17)21,18-5-3-6-18)24(31)27-19-7-4-8-20(15-19)29-11-13-30(14-12-29)34(2,32)33/h3,5,9-10,18-20,28H,4,6-8,11-16H2,1-2H3,(H,27,31)/t18?,19-,20-,25?/m1/s1. The highest BCUT2D eigenvalue weighted by atomic mass is 32.2. The average molecular weight is 491 g/mol. The van der Waals surface area contributed by atoms with Gasteiger partial charge in [0.2, 0.25) is 15.9 Å². The van der Waals surface area contributed by atoms with Crippen LogP contribution < -0.4 is 10.6 Å². The van der Waals surface area contributed by atoms with Gasteiger partial charge in [-0.2, -0.15) is 4.31 Å². The molecule has 2 heterocycles. The van der Waals surface area contributed by atoms with Gasteiger partial charge in [0, 0.05) is 61.9 Å². The van der Waals surface area contributed by atoms with E-state index in [1.165, 1.54) is 12.3 Å². The summed E-state index contributed by atoms with van der Waals surface area (Å²) in [7, 11) is -3.15. The van der Waals surface area contributed by atoms with Crippen molar-refractivity contribution in [3.05, 3.63) is 41.2 Å². The van der Waals surface area contributed by atoms with Crippen LogP contribution in [0.3, 0.4) is 0 Å². The lowest BCUT2D eigenvalue weighted by atomic mass is 9.73. The van der Waals surface area contributed by atoms with Crippen LogP contribution in [-0.2, 0) is 21.2 Å². The number of fused-ring (bicyclic) bond motifs is 1. The van der Waals surface area contributed by atoms with Gasteiger partial charge in [-0.25, -0.2) is 12.8 Å². The molecule has 2 unspecified atom stereocenters. The van der Waals surface area contributed by atoms with Crippen molar-refractivity contribution in [3.63, 3.8) is 0 Å². The average Bonchev–Trinajstić information content (AvgIpc) is 3.18. The molecule has 2 fully saturated rings. The first-order valence-corrected chi connectivity index (χ1v) is 14.2. The summed E-state index contributed by atoms with van der Waals surface area (Å²) >= 11 is 0. The molecule has 0 radical (unpaired) electrons. The highest BCUT2D eigenvalue weighted by molar-refractivity contribution is 7.88. The molecule has 186 valence electrons. The van der Waals surface area contributed by atoms with E-state index in [1.807, 2.05) is 6.92 Å². The minimum absolute atomic E-state index is 0.0376. The molecule has 4 aliphatic rings. The SMILES string of the molecule is Cc1ccc(F)c2c1NC(C(=O)N[C@@H]1CCC[C@@H](N3CCN(S(C)(=O)=O)CC3)C1)(C1C=CC1)C2. The predicted octanol–water partition coefficient (Wildman–Crippen LogP) is 2.42. The van der Waals surface area contributed by atoms with Gasteiger partial charge < -0.3 is 10.6 Å². The predicted molar refractivity (Wildman–Crippen MR) is 131 cm³/mol. The van der Waals surface area contributed by atoms with Gasteiger partial charge in [0.15, 0.2) is 0 Å². The zero-order valence-corrected chi connectivity index (χ0v) is 20.8. The molecule has 2 aliphatic heterocycles. The molecule has 1 amide bonds. The van der Waals surface area contributed by atoms with Crippen LogP contribution in [0.5, 0.6) is 0 Å². The molecule has 4 atom stereocenters. The number of allylic oxidation sites excluding steroid dienone is 1. The molecule has 1 saturated heterocycles. The number of rotatable bonds is 5. The number of amides is 1. The Hall–Kier alpha value is -1.97. The van der Waals surface area contributed by atoms with Gasteiger partial charge in [0.1, 0.15) is 11.4 Å². The summed E-state index contributed by atoms with van der Waals surface area (Å²) in [6, 6.07) is 3.67. The van der Waals surface area contributed by atoms with E-state index in [1.54, 1.807) is 10.4 Å². The summed E-state index contributed by atoms with van der Waals surface area (Å²) in [5.41, 5.74) is 1.49. The zero-order chi connectivity index (χ0) is 24.1. The molecule has 9 heteroatoms. The van der Waals surface area contributed by atoms with Crippen LogP contribution in [0.25, 0.3) is 0 Å². The number of anilines is 1.